The third kappa shape index (κ3) is 5.51. The monoisotopic (exact) mass is 324 g/mol. The number of amides is 1. The van der Waals surface area contributed by atoms with E-state index in [4.69, 9.17) is 4.74 Å². The fraction of sp³-hybridized carbons (Fsp3) is 0.562. The first-order chi connectivity index (χ1) is 10.7. The van der Waals surface area contributed by atoms with Crippen LogP contribution in [0.2, 0.25) is 0 Å². The smallest absolute Gasteiger partial charge is 0.251 e. The average Bonchev–Trinajstić information content (AvgIpc) is 2.55. The number of nitrogens with one attached hydrogen (secondary N) is 1. The van der Waals surface area contributed by atoms with Gasteiger partial charge in [0.05, 0.1) is 13.2 Å². The summed E-state index contributed by atoms with van der Waals surface area (Å²) in [7, 11) is -1.01. The molecule has 1 unspecified atom stereocenters. The standard InChI is InChI=1S/C16H24N2O3S/c1-22(20)15-6-4-14(5-7-15)16(19)17-8-2-3-9-18-10-12-21-13-11-18/h4-7H,2-3,8-13H2,1H3,(H,17,19). The molecule has 1 aromatic rings. The maximum atomic E-state index is 12.0. The lowest BCUT2D eigenvalue weighted by Crippen LogP contribution is -2.37. The molecule has 0 bridgehead atoms. The van der Waals surface area contributed by atoms with E-state index < -0.39 is 10.8 Å². The van der Waals surface area contributed by atoms with Crippen molar-refractivity contribution in [2.45, 2.75) is 17.7 Å². The summed E-state index contributed by atoms with van der Waals surface area (Å²) >= 11 is 0. The fourth-order valence-electron chi connectivity index (χ4n) is 2.39. The number of ether oxygens (including phenoxy) is 1. The van der Waals surface area contributed by atoms with Crippen LogP contribution in [0.4, 0.5) is 0 Å². The van der Waals surface area contributed by atoms with Crippen LogP contribution in [0.15, 0.2) is 29.2 Å². The Bertz CT molecular complexity index is 499. The van der Waals surface area contributed by atoms with Gasteiger partial charge < -0.3 is 10.1 Å². The van der Waals surface area contributed by atoms with Gasteiger partial charge in [0.25, 0.3) is 5.91 Å². The minimum absolute atomic E-state index is 0.0696. The van der Waals surface area contributed by atoms with Crippen LogP contribution in [0.25, 0.3) is 0 Å². The van der Waals surface area contributed by atoms with E-state index in [1.165, 1.54) is 0 Å². The molecular weight excluding hydrogens is 300 g/mol. The van der Waals surface area contributed by atoms with Crippen molar-refractivity contribution in [3.8, 4) is 0 Å². The lowest BCUT2D eigenvalue weighted by molar-refractivity contribution is 0.0372. The van der Waals surface area contributed by atoms with Gasteiger partial charge in [0, 0.05) is 47.1 Å². The summed E-state index contributed by atoms with van der Waals surface area (Å²) in [5.41, 5.74) is 0.613. The summed E-state index contributed by atoms with van der Waals surface area (Å²) < 4.78 is 16.6. The highest BCUT2D eigenvalue weighted by Crippen LogP contribution is 2.07. The van der Waals surface area contributed by atoms with Gasteiger partial charge in [0.15, 0.2) is 0 Å². The van der Waals surface area contributed by atoms with Crippen LogP contribution in [0.5, 0.6) is 0 Å². The Balaban J connectivity index is 1.63. The Morgan fingerprint density at radius 3 is 2.55 bits per heavy atom. The Morgan fingerprint density at radius 1 is 1.23 bits per heavy atom. The first kappa shape index (κ1) is 17.1. The zero-order chi connectivity index (χ0) is 15.8. The van der Waals surface area contributed by atoms with E-state index in [0.717, 1.165) is 50.6 Å². The predicted octanol–water partition coefficient (Wildman–Crippen LogP) is 1.27. The van der Waals surface area contributed by atoms with E-state index in [1.807, 2.05) is 0 Å². The maximum Gasteiger partial charge on any atom is 0.251 e. The van der Waals surface area contributed by atoms with E-state index in [-0.39, 0.29) is 5.91 Å². The van der Waals surface area contributed by atoms with E-state index in [0.29, 0.717) is 12.1 Å². The number of unbranched alkanes of at least 4 members (excludes halogenated alkanes) is 1. The van der Waals surface area contributed by atoms with Crippen LogP contribution in [0.1, 0.15) is 23.2 Å². The molecule has 22 heavy (non-hydrogen) atoms. The SMILES string of the molecule is CS(=O)c1ccc(C(=O)NCCCCN2CCOCC2)cc1. The zero-order valence-electron chi connectivity index (χ0n) is 13.0. The van der Waals surface area contributed by atoms with Crippen LogP contribution in [0.3, 0.4) is 0 Å². The van der Waals surface area contributed by atoms with Crippen LogP contribution < -0.4 is 5.32 Å². The summed E-state index contributed by atoms with van der Waals surface area (Å²) in [5, 5.41) is 2.93. The van der Waals surface area contributed by atoms with Gasteiger partial charge in [-0.25, -0.2) is 0 Å². The van der Waals surface area contributed by atoms with Crippen molar-refractivity contribution in [2.24, 2.45) is 0 Å². The third-order valence-electron chi connectivity index (χ3n) is 3.74. The lowest BCUT2D eigenvalue weighted by atomic mass is 10.2. The summed E-state index contributed by atoms with van der Waals surface area (Å²) in [4.78, 5) is 15.1. The lowest BCUT2D eigenvalue weighted by Gasteiger charge is -2.26. The highest BCUT2D eigenvalue weighted by molar-refractivity contribution is 7.84. The molecule has 0 spiro atoms. The van der Waals surface area contributed by atoms with Crippen molar-refractivity contribution in [3.05, 3.63) is 29.8 Å². The molecule has 0 radical (unpaired) electrons. The van der Waals surface area contributed by atoms with E-state index in [2.05, 4.69) is 10.2 Å². The summed E-state index contributed by atoms with van der Waals surface area (Å²) in [6.45, 7) is 5.43. The predicted molar refractivity (Wildman–Crippen MR) is 87.6 cm³/mol. The maximum absolute atomic E-state index is 12.0. The van der Waals surface area contributed by atoms with Crippen LogP contribution in [0, 0.1) is 0 Å². The molecule has 1 fully saturated rings. The number of benzene rings is 1. The molecule has 1 aliphatic heterocycles. The molecule has 2 rings (SSSR count). The second kappa shape index (κ2) is 9.02. The van der Waals surface area contributed by atoms with Crippen molar-refractivity contribution in [1.82, 2.24) is 10.2 Å². The number of carbonyl (C=O) groups excluding carboxylic acids is 1. The molecule has 0 aromatic heterocycles. The minimum atomic E-state index is -1.01. The highest BCUT2D eigenvalue weighted by atomic mass is 32.2. The minimum Gasteiger partial charge on any atom is -0.379 e. The van der Waals surface area contributed by atoms with Gasteiger partial charge in [-0.15, -0.1) is 0 Å². The third-order valence-corrected chi connectivity index (χ3v) is 4.67. The molecule has 6 heteroatoms. The molecule has 1 saturated heterocycles. The Hall–Kier alpha value is -1.24. The molecule has 0 aliphatic carbocycles. The van der Waals surface area contributed by atoms with Crippen molar-refractivity contribution >= 4 is 16.7 Å². The summed E-state index contributed by atoms with van der Waals surface area (Å²) in [6, 6.07) is 6.92. The van der Waals surface area contributed by atoms with Crippen LogP contribution >= 0.6 is 0 Å². The van der Waals surface area contributed by atoms with Crippen molar-refractivity contribution in [3.63, 3.8) is 0 Å². The largest absolute Gasteiger partial charge is 0.379 e. The summed E-state index contributed by atoms with van der Waals surface area (Å²) in [6.07, 6.45) is 3.68. The molecule has 0 saturated carbocycles. The van der Waals surface area contributed by atoms with Crippen LogP contribution in [-0.4, -0.2) is 60.7 Å². The van der Waals surface area contributed by atoms with E-state index in [1.54, 1.807) is 30.5 Å². The second-order valence-corrected chi connectivity index (χ2v) is 6.78. The van der Waals surface area contributed by atoms with Gasteiger partial charge in [-0.05, 0) is 43.7 Å². The Morgan fingerprint density at radius 2 is 1.91 bits per heavy atom. The van der Waals surface area contributed by atoms with Gasteiger partial charge in [-0.1, -0.05) is 0 Å². The van der Waals surface area contributed by atoms with Gasteiger partial charge in [0.2, 0.25) is 0 Å². The van der Waals surface area contributed by atoms with Gasteiger partial charge >= 0.3 is 0 Å². The van der Waals surface area contributed by atoms with Crippen molar-refractivity contribution in [2.75, 3.05) is 45.6 Å². The molecule has 1 N–H and O–H groups in total. The number of hydrogen-bond acceptors (Lipinski definition) is 4. The molecular formula is C16H24N2O3S. The number of nitrogens with zero attached hydrogens (tertiary/aromatic N) is 1. The van der Waals surface area contributed by atoms with Crippen LogP contribution in [-0.2, 0) is 15.5 Å². The molecule has 1 aliphatic rings. The number of morpholine rings is 1. The molecule has 1 aromatic carbocycles. The average molecular weight is 324 g/mol. The molecule has 122 valence electrons. The van der Waals surface area contributed by atoms with Crippen molar-refractivity contribution < 1.29 is 13.7 Å². The fourth-order valence-corrected chi connectivity index (χ4v) is 2.91. The topological polar surface area (TPSA) is 58.6 Å². The number of rotatable bonds is 7. The van der Waals surface area contributed by atoms with E-state index >= 15 is 0 Å². The zero-order valence-corrected chi connectivity index (χ0v) is 13.9. The Kier molecular flexibility index (Phi) is 7.02. The summed E-state index contributed by atoms with van der Waals surface area (Å²) in [5.74, 6) is -0.0696. The van der Waals surface area contributed by atoms with Gasteiger partial charge in [0.1, 0.15) is 0 Å². The first-order valence-corrected chi connectivity index (χ1v) is 9.24. The number of carbonyl (C=O) groups is 1. The molecule has 5 nitrogen and oxygen atoms in total. The van der Waals surface area contributed by atoms with Gasteiger partial charge in [-0.2, -0.15) is 0 Å². The number of hydrogen-bond donors (Lipinski definition) is 1. The van der Waals surface area contributed by atoms with E-state index in [9.17, 15) is 9.00 Å². The van der Waals surface area contributed by atoms with Crippen molar-refractivity contribution in [1.29, 1.82) is 0 Å². The first-order valence-electron chi connectivity index (χ1n) is 7.68. The second-order valence-electron chi connectivity index (χ2n) is 5.40. The van der Waals surface area contributed by atoms with Gasteiger partial charge in [-0.3, -0.25) is 13.9 Å². The Labute approximate surface area is 134 Å². The molecule has 1 amide bonds. The molecule has 1 atom stereocenters. The molecule has 1 heterocycles. The highest BCUT2D eigenvalue weighted by Gasteiger charge is 2.09. The normalized spacial score (nSPS) is 17.1. The quantitative estimate of drug-likeness (QED) is 0.767.